The van der Waals surface area contributed by atoms with Gasteiger partial charge >= 0.3 is 0 Å². The third-order valence-corrected chi connectivity index (χ3v) is 12.6. The lowest BCUT2D eigenvalue weighted by Crippen LogP contribution is -2.34. The molecule has 1 saturated carbocycles. The lowest BCUT2D eigenvalue weighted by atomic mass is 9.84. The third kappa shape index (κ3) is 9.90. The highest BCUT2D eigenvalue weighted by Crippen LogP contribution is 2.41. The molecule has 0 aliphatic heterocycles. The number of nitrogens with zero attached hydrogens (tertiary/aromatic N) is 5. The molecule has 49 heavy (non-hydrogen) atoms. The van der Waals surface area contributed by atoms with Crippen LogP contribution in [0.5, 0.6) is 0 Å². The summed E-state index contributed by atoms with van der Waals surface area (Å²) in [6.45, 7) is 23.4. The summed E-state index contributed by atoms with van der Waals surface area (Å²) in [7, 11) is -2.55. The summed E-state index contributed by atoms with van der Waals surface area (Å²) < 4.78 is 21.1. The Hall–Kier alpha value is -3.32. The quantitative estimate of drug-likeness (QED) is 0.0470. The molecular weight excluding hydrogens is 643 g/mol. The van der Waals surface area contributed by atoms with Gasteiger partial charge in [-0.15, -0.1) is 0 Å². The van der Waals surface area contributed by atoms with Crippen LogP contribution in [0.3, 0.4) is 0 Å². The molecule has 0 unspecified atom stereocenters. The molecule has 0 amide bonds. The average Bonchev–Trinajstić information content (AvgIpc) is 3.51. The lowest BCUT2D eigenvalue weighted by Gasteiger charge is -2.31. The molecule has 1 aliphatic rings. The van der Waals surface area contributed by atoms with Gasteiger partial charge in [-0.1, -0.05) is 102 Å². The molecular formula is C39H57N5O3Si2. The Morgan fingerprint density at radius 2 is 1.51 bits per heavy atom. The zero-order valence-electron chi connectivity index (χ0n) is 30.9. The summed E-state index contributed by atoms with van der Waals surface area (Å²) >= 11 is 0. The molecule has 0 saturated heterocycles. The molecule has 264 valence electrons. The van der Waals surface area contributed by atoms with E-state index in [0.29, 0.717) is 45.0 Å². The largest absolute Gasteiger partial charge is 0.494 e. The highest BCUT2D eigenvalue weighted by Gasteiger charge is 2.31. The van der Waals surface area contributed by atoms with E-state index in [4.69, 9.17) is 29.3 Å². The maximum atomic E-state index is 6.45. The molecule has 0 atom stereocenters. The number of hydrogen-bond acceptors (Lipinski definition) is 7. The smallest absolute Gasteiger partial charge is 0.165 e. The summed E-state index contributed by atoms with van der Waals surface area (Å²) in [6.07, 6.45) is 9.66. The van der Waals surface area contributed by atoms with Crippen molar-refractivity contribution in [3.63, 3.8) is 0 Å². The minimum absolute atomic E-state index is 0.300. The molecule has 8 nitrogen and oxygen atoms in total. The predicted molar refractivity (Wildman–Crippen MR) is 209 cm³/mol. The Balaban J connectivity index is 1.64. The first-order chi connectivity index (χ1) is 23.4. The van der Waals surface area contributed by atoms with E-state index in [9.17, 15) is 0 Å². The number of ether oxygens (including phenoxy) is 3. The molecule has 1 aromatic carbocycles. The van der Waals surface area contributed by atoms with Crippen LogP contribution in [0.1, 0.15) is 56.2 Å². The molecule has 0 spiro atoms. The molecule has 0 radical (unpaired) electrons. The number of benzene rings is 1. The first kappa shape index (κ1) is 37.0. The highest BCUT2D eigenvalue weighted by atomic mass is 28.3. The van der Waals surface area contributed by atoms with Crippen LogP contribution in [0, 0.1) is 0 Å². The van der Waals surface area contributed by atoms with Gasteiger partial charge in [0.15, 0.2) is 5.65 Å². The Bertz CT molecular complexity index is 1630. The molecule has 10 heteroatoms. The van der Waals surface area contributed by atoms with Crippen molar-refractivity contribution in [2.24, 2.45) is 0 Å². The molecule has 3 aromatic heterocycles. The van der Waals surface area contributed by atoms with E-state index in [1.165, 1.54) is 19.3 Å². The standard InChI is InChI=1S/C39H57N5O3Si2/c1-9-47-30(2)36-37(32-18-14-11-15-19-32)42-38-34(33-20-21-35(40-26-33)31-16-12-10-13-17-31)27-41-44(38)39(36)43(28-45-22-24-48(3,4)5)29-46-23-25-49(6,7)8/h10,12-13,16-17,20-21,26-27,32H,2,9,11,14-15,18-19,22-25,28-29H2,1,3-8H3. The minimum Gasteiger partial charge on any atom is -0.494 e. The molecule has 0 bridgehead atoms. The van der Waals surface area contributed by atoms with Gasteiger partial charge in [-0.05, 0) is 37.9 Å². The second kappa shape index (κ2) is 16.6. The van der Waals surface area contributed by atoms with Gasteiger partial charge in [0, 0.05) is 58.2 Å². The average molecular weight is 700 g/mol. The number of aromatic nitrogens is 4. The Morgan fingerprint density at radius 3 is 2.08 bits per heavy atom. The first-order valence-corrected chi connectivity index (χ1v) is 25.5. The van der Waals surface area contributed by atoms with E-state index in [2.05, 4.69) is 75.0 Å². The predicted octanol–water partition coefficient (Wildman–Crippen LogP) is 9.94. The lowest BCUT2D eigenvalue weighted by molar-refractivity contribution is 0.0941. The Kier molecular flexibility index (Phi) is 12.5. The normalized spacial score (nSPS) is 14.3. The van der Waals surface area contributed by atoms with Crippen LogP contribution >= 0.6 is 0 Å². The molecule has 3 heterocycles. The van der Waals surface area contributed by atoms with Gasteiger partial charge < -0.3 is 19.1 Å². The van der Waals surface area contributed by atoms with Crippen molar-refractivity contribution in [1.82, 2.24) is 19.6 Å². The van der Waals surface area contributed by atoms with E-state index in [-0.39, 0.29) is 0 Å². The van der Waals surface area contributed by atoms with E-state index in [1.807, 2.05) is 42.0 Å². The van der Waals surface area contributed by atoms with Crippen LogP contribution in [-0.4, -0.2) is 69.0 Å². The van der Waals surface area contributed by atoms with E-state index in [0.717, 1.165) is 70.0 Å². The minimum atomic E-state index is -1.27. The fraction of sp³-hybridized carbons (Fsp3) is 0.513. The summed E-state index contributed by atoms with van der Waals surface area (Å²) in [5.74, 6) is 1.78. The van der Waals surface area contributed by atoms with Crippen LogP contribution < -0.4 is 4.90 Å². The number of hydrogen-bond donors (Lipinski definition) is 0. The van der Waals surface area contributed by atoms with Gasteiger partial charge in [0.2, 0.25) is 0 Å². The summed E-state index contributed by atoms with van der Waals surface area (Å²) in [4.78, 5) is 12.5. The van der Waals surface area contributed by atoms with Crippen molar-refractivity contribution < 1.29 is 14.2 Å². The zero-order chi connectivity index (χ0) is 35.0. The molecule has 1 aliphatic carbocycles. The Labute approximate surface area is 295 Å². The zero-order valence-corrected chi connectivity index (χ0v) is 32.9. The van der Waals surface area contributed by atoms with Crippen molar-refractivity contribution in [1.29, 1.82) is 0 Å². The topological polar surface area (TPSA) is 74.0 Å². The summed E-state index contributed by atoms with van der Waals surface area (Å²) in [5.41, 5.74) is 6.69. The van der Waals surface area contributed by atoms with Crippen LogP contribution in [0.4, 0.5) is 5.82 Å². The fourth-order valence-corrected chi connectivity index (χ4v) is 7.79. The first-order valence-electron chi connectivity index (χ1n) is 18.1. The number of fused-ring (bicyclic) bond motifs is 1. The second-order valence-electron chi connectivity index (χ2n) is 15.7. The summed E-state index contributed by atoms with van der Waals surface area (Å²) in [6, 6.07) is 16.7. The van der Waals surface area contributed by atoms with Crippen LogP contribution in [0.15, 0.2) is 61.4 Å². The van der Waals surface area contributed by atoms with E-state index >= 15 is 0 Å². The number of rotatable bonds is 17. The molecule has 0 N–H and O–H groups in total. The van der Waals surface area contributed by atoms with Gasteiger partial charge in [0.25, 0.3) is 0 Å². The van der Waals surface area contributed by atoms with Crippen molar-refractivity contribution in [3.05, 3.63) is 72.7 Å². The Morgan fingerprint density at radius 1 is 0.857 bits per heavy atom. The van der Waals surface area contributed by atoms with Crippen molar-refractivity contribution >= 4 is 33.4 Å². The van der Waals surface area contributed by atoms with Crippen LogP contribution in [0.2, 0.25) is 51.4 Å². The summed E-state index contributed by atoms with van der Waals surface area (Å²) in [5, 5.41) is 5.01. The molecule has 5 rings (SSSR count). The van der Waals surface area contributed by atoms with E-state index < -0.39 is 16.1 Å². The van der Waals surface area contributed by atoms with Crippen LogP contribution in [0.25, 0.3) is 33.8 Å². The van der Waals surface area contributed by atoms with Gasteiger partial charge in [-0.3, -0.25) is 4.98 Å². The van der Waals surface area contributed by atoms with Crippen molar-refractivity contribution in [3.8, 4) is 22.4 Å². The van der Waals surface area contributed by atoms with Gasteiger partial charge in [0.05, 0.1) is 29.8 Å². The molecule has 4 aromatic rings. The fourth-order valence-electron chi connectivity index (χ4n) is 6.27. The second-order valence-corrected chi connectivity index (χ2v) is 27.0. The van der Waals surface area contributed by atoms with Gasteiger partial charge in [-0.25, -0.2) is 4.98 Å². The van der Waals surface area contributed by atoms with Crippen LogP contribution in [-0.2, 0) is 14.2 Å². The SMILES string of the molecule is C=C(OCC)c1c(C2CCCCC2)nc2c(-c3ccc(-c4ccccc4)nc3)cnn2c1N(COCC[Si](C)(C)C)COCC[Si](C)(C)C. The van der Waals surface area contributed by atoms with Gasteiger partial charge in [0.1, 0.15) is 25.0 Å². The maximum Gasteiger partial charge on any atom is 0.165 e. The highest BCUT2D eigenvalue weighted by molar-refractivity contribution is 6.76. The maximum absolute atomic E-state index is 6.45. The molecule has 1 fully saturated rings. The number of anilines is 1. The monoisotopic (exact) mass is 699 g/mol. The number of pyridine rings is 1. The van der Waals surface area contributed by atoms with Crippen molar-refractivity contribution in [2.75, 3.05) is 38.2 Å². The van der Waals surface area contributed by atoms with Crippen molar-refractivity contribution in [2.45, 2.75) is 96.3 Å². The van der Waals surface area contributed by atoms with E-state index in [1.54, 1.807) is 0 Å². The van der Waals surface area contributed by atoms with Gasteiger partial charge in [-0.2, -0.15) is 9.61 Å². The third-order valence-electron chi connectivity index (χ3n) is 9.17.